The van der Waals surface area contributed by atoms with Gasteiger partial charge in [0.1, 0.15) is 0 Å². The molecule has 115 heavy (non-hydrogen) atoms. The molecule has 8 aliphatic heterocycles. The quantitative estimate of drug-likeness (QED) is 0.118. The van der Waals surface area contributed by atoms with Crippen LogP contribution >= 0.6 is 0 Å². The number of alkyl halides is 3. The molecule has 6 aromatic rings. The van der Waals surface area contributed by atoms with Crippen LogP contribution in [0.2, 0.25) is 0 Å². The van der Waals surface area contributed by atoms with Crippen LogP contribution in [0, 0.1) is 19.8 Å². The first-order valence-corrected chi connectivity index (χ1v) is 44.8. The van der Waals surface area contributed by atoms with Crippen LogP contribution in [0.1, 0.15) is 318 Å². The van der Waals surface area contributed by atoms with E-state index in [9.17, 15) is 13.2 Å². The molecule has 4 unspecified atom stereocenters. The number of halogens is 3. The van der Waals surface area contributed by atoms with Crippen molar-refractivity contribution in [3.63, 3.8) is 0 Å². The van der Waals surface area contributed by atoms with Gasteiger partial charge < -0.3 is 14.5 Å². The lowest BCUT2D eigenvalue weighted by Crippen LogP contribution is -2.44. The molecule has 13 heteroatoms. The number of likely N-dealkylation sites (tertiary alicyclic amines) is 7. The molecule has 0 spiro atoms. The number of rotatable bonds is 12. The molecule has 638 valence electrons. The summed E-state index contributed by atoms with van der Waals surface area (Å²) in [4.78, 5) is 23.0. The first-order valence-electron chi connectivity index (χ1n) is 44.8. The normalized spacial score (nSPS) is 23.3. The highest BCUT2D eigenvalue weighted by Gasteiger charge is 2.43. The van der Waals surface area contributed by atoms with Crippen molar-refractivity contribution >= 4 is 0 Å². The number of nitrogens with zero attached hydrogens (tertiary/aromatic N) is 9. The van der Waals surface area contributed by atoms with Gasteiger partial charge in [-0.15, -0.1) is 0 Å². The molecule has 0 amide bonds. The number of aryl methyl sites for hydroxylation is 2. The van der Waals surface area contributed by atoms with E-state index in [0.29, 0.717) is 42.4 Å². The summed E-state index contributed by atoms with van der Waals surface area (Å²) in [5, 5.41) is 0. The Morgan fingerprint density at radius 1 is 0.322 bits per heavy atom. The Morgan fingerprint density at radius 2 is 0.661 bits per heavy atom. The lowest BCUT2D eigenvalue weighted by molar-refractivity contribution is -0.138. The third kappa shape index (κ3) is 26.6. The number of hydrogen-bond acceptors (Lipinski definition) is 10. The molecule has 0 bridgehead atoms. The molecule has 0 N–H and O–H groups in total. The van der Waals surface area contributed by atoms with Crippen LogP contribution in [0.25, 0.3) is 0 Å². The monoisotopic (exact) mass is 1580 g/mol. The van der Waals surface area contributed by atoms with E-state index >= 15 is 0 Å². The van der Waals surface area contributed by atoms with Crippen LogP contribution in [0.5, 0.6) is 0 Å². The van der Waals surface area contributed by atoms with Crippen LogP contribution in [-0.2, 0) is 30.5 Å². The second-order valence-electron chi connectivity index (χ2n) is 41.1. The van der Waals surface area contributed by atoms with Crippen molar-refractivity contribution in [2.45, 2.75) is 324 Å². The first-order chi connectivity index (χ1) is 54.1. The molecular weight excluding hydrogens is 1420 g/mol. The summed E-state index contributed by atoms with van der Waals surface area (Å²) in [6, 6.07) is 54.1. The third-order valence-corrected chi connectivity index (χ3v) is 26.1. The summed E-state index contributed by atoms with van der Waals surface area (Å²) >= 11 is 0. The first kappa shape index (κ1) is 93.6. The molecule has 8 aliphatic rings. The lowest BCUT2D eigenvalue weighted by Gasteiger charge is -2.38. The average molecular weight is 1580 g/mol. The average Bonchev–Trinajstić information content (AvgIpc) is 1.54. The molecule has 14 rings (SSSR count). The zero-order valence-electron chi connectivity index (χ0n) is 76.5. The molecule has 8 heterocycles. The van der Waals surface area contributed by atoms with Crippen molar-refractivity contribution in [3.05, 3.63) is 212 Å². The van der Waals surface area contributed by atoms with Gasteiger partial charge in [-0.2, -0.15) is 13.2 Å². The molecule has 8 saturated heterocycles. The summed E-state index contributed by atoms with van der Waals surface area (Å²) in [7, 11) is 6.25. The Kier molecular flexibility index (Phi) is 33.6. The summed E-state index contributed by atoms with van der Waals surface area (Å²) in [6.07, 6.45) is 14.6. The standard InChI is InChI=1S/C21H34N2.C20H33N3.C16H25NO.C15H20F3N.2C15H23N/c1-21(2,3)23-13-7-10-20(23)19-9-6-5-8-18(19)16-17-11-14-22(4)15-12-17;1-20(2,3)23-11-7-10-19(23)18-9-6-5-8-17(18)16-22-14-12-21(4)13-15-22;1-16(2,3)17-11-7-10-15(17)14-9-6-5-8-13(14)12-18-4;1-14(2,3)19-10-6-9-13(19)11-7-4-5-8-12(11)15(16,17)18;1-12-7-5-8-13(11-12)14-9-6-10-16(14)15(2,3)4;1-12-7-9-13(10-8-12)14-6-5-11-16(14)15(2,3)4/h5-6,8-9,17,20H,7,10-16H2,1-4H3;5-6,8-9,19H,7,10-16H2,1-4H3;5-6,8-9,15H,7,10-12H2,1-4H3;4-5,7-8,13H,6,9-10H2,1-3H3;5,7-8,11,14H,6,9-10H2,1-4H3;7-10,14H,5-6,11H2,1-4H3/t20-;19-;;;;/m11..../s1. The van der Waals surface area contributed by atoms with Crippen molar-refractivity contribution < 1.29 is 17.9 Å². The molecule has 8 fully saturated rings. The zero-order valence-corrected chi connectivity index (χ0v) is 76.5. The number of piperazine rings is 1. The Labute approximate surface area is 699 Å². The topological polar surface area (TPSA) is 38.4 Å². The van der Waals surface area contributed by atoms with Gasteiger partial charge in [0.15, 0.2) is 0 Å². The van der Waals surface area contributed by atoms with Crippen molar-refractivity contribution in [1.29, 1.82) is 0 Å². The van der Waals surface area contributed by atoms with Crippen molar-refractivity contribution in [3.8, 4) is 0 Å². The van der Waals surface area contributed by atoms with Crippen molar-refractivity contribution in [2.24, 2.45) is 5.92 Å². The summed E-state index contributed by atoms with van der Waals surface area (Å²) in [5.74, 6) is 0.872. The van der Waals surface area contributed by atoms with Gasteiger partial charge in [-0.1, -0.05) is 151 Å². The van der Waals surface area contributed by atoms with E-state index in [1.165, 1.54) is 201 Å². The fourth-order valence-corrected chi connectivity index (χ4v) is 20.1. The Bertz CT molecular complexity index is 3770. The molecular formula is C102H158F3N9O. The van der Waals surface area contributed by atoms with Crippen LogP contribution in [0.3, 0.4) is 0 Å². The van der Waals surface area contributed by atoms with Crippen molar-refractivity contribution in [2.75, 3.05) is 99.7 Å². The van der Waals surface area contributed by atoms with E-state index in [0.717, 1.165) is 31.8 Å². The van der Waals surface area contributed by atoms with Gasteiger partial charge in [0, 0.05) is 109 Å². The number of likely N-dealkylation sites (N-methyl/N-ethyl adjacent to an activating group) is 1. The molecule has 10 nitrogen and oxygen atoms in total. The Hall–Kier alpha value is -5.29. The number of ether oxygens (including phenoxy) is 1. The highest BCUT2D eigenvalue weighted by molar-refractivity contribution is 5.36. The lowest BCUT2D eigenvalue weighted by atomic mass is 9.86. The molecule has 0 aliphatic carbocycles. The summed E-state index contributed by atoms with van der Waals surface area (Å²) in [6.45, 7) is 61.7. The van der Waals surface area contributed by atoms with E-state index in [4.69, 9.17) is 4.74 Å². The maximum atomic E-state index is 13.1. The number of piperidine rings is 1. The molecule has 6 aromatic carbocycles. The van der Waals surface area contributed by atoms with Gasteiger partial charge in [-0.25, -0.2) is 0 Å². The van der Waals surface area contributed by atoms with E-state index in [2.05, 4.69) is 318 Å². The fraction of sp³-hybridized carbons (Fsp3) is 0.647. The second kappa shape index (κ2) is 41.3. The minimum atomic E-state index is -4.28. The summed E-state index contributed by atoms with van der Waals surface area (Å²) in [5.41, 5.74) is 16.0. The zero-order chi connectivity index (χ0) is 83.8. The molecule has 0 saturated carbocycles. The molecule has 6 atom stereocenters. The third-order valence-electron chi connectivity index (χ3n) is 26.1. The minimum absolute atomic E-state index is 0.111. The van der Waals surface area contributed by atoms with Gasteiger partial charge >= 0.3 is 6.18 Å². The number of benzene rings is 6. The molecule has 0 aromatic heterocycles. The predicted octanol–water partition coefficient (Wildman–Crippen LogP) is 24.1. The molecule has 0 radical (unpaired) electrons. The van der Waals surface area contributed by atoms with E-state index < -0.39 is 11.7 Å². The van der Waals surface area contributed by atoms with Gasteiger partial charge in [0.25, 0.3) is 0 Å². The van der Waals surface area contributed by atoms with Gasteiger partial charge in [-0.05, 0) is 363 Å². The van der Waals surface area contributed by atoms with Crippen molar-refractivity contribution in [1.82, 2.24) is 44.1 Å². The maximum absolute atomic E-state index is 13.1. The predicted molar refractivity (Wildman–Crippen MR) is 481 cm³/mol. The fourth-order valence-electron chi connectivity index (χ4n) is 20.1. The Morgan fingerprint density at radius 3 is 1.07 bits per heavy atom. The smallest absolute Gasteiger partial charge is 0.380 e. The van der Waals surface area contributed by atoms with Crippen LogP contribution < -0.4 is 0 Å². The second-order valence-corrected chi connectivity index (χ2v) is 41.1. The van der Waals surface area contributed by atoms with Crippen LogP contribution in [-0.4, -0.2) is 177 Å². The largest absolute Gasteiger partial charge is 0.416 e. The summed E-state index contributed by atoms with van der Waals surface area (Å²) < 4.78 is 44.7. The number of methoxy groups -OCH3 is 1. The maximum Gasteiger partial charge on any atom is 0.416 e. The van der Waals surface area contributed by atoms with Crippen LogP contribution in [0.15, 0.2) is 146 Å². The minimum Gasteiger partial charge on any atom is -0.380 e. The van der Waals surface area contributed by atoms with E-state index in [-0.39, 0.29) is 39.3 Å². The van der Waals surface area contributed by atoms with E-state index in [1.807, 2.05) is 0 Å². The highest BCUT2D eigenvalue weighted by Crippen LogP contribution is 2.46. The highest BCUT2D eigenvalue weighted by atomic mass is 19.4. The van der Waals surface area contributed by atoms with Gasteiger partial charge in [-0.3, -0.25) is 34.3 Å². The van der Waals surface area contributed by atoms with Gasteiger partial charge in [0.2, 0.25) is 0 Å². The van der Waals surface area contributed by atoms with Crippen LogP contribution in [0.4, 0.5) is 13.2 Å². The van der Waals surface area contributed by atoms with E-state index in [1.54, 1.807) is 41.5 Å². The Balaban J connectivity index is 0.000000159. The SMILES string of the molecule is CC(C)(C)N1CCCC1c1ccccc1C(F)(F)F.CN1CCC(Cc2ccccc2[C@H]2CCCN2C(C)(C)C)CC1.CN1CCN(Cc2ccccc2[C@H]2CCCN2C(C)(C)C)CC1.COCc1ccccc1C1CCCN1C(C)(C)C.Cc1ccc(C2CCCN2C(C)(C)C)cc1.Cc1cccc(C2CCCN2C(C)(C)C)c1. The number of hydrogen-bond donors (Lipinski definition) is 0. The van der Waals surface area contributed by atoms with Gasteiger partial charge in [0.05, 0.1) is 12.2 Å².